The number of hydrogen-bond acceptors (Lipinski definition) is 2. The molecule has 0 spiro atoms. The molecular weight excluding hydrogens is 174 g/mol. The van der Waals surface area contributed by atoms with Gasteiger partial charge in [-0.2, -0.15) is 0 Å². The second-order valence-corrected chi connectivity index (χ2v) is 4.69. The molecule has 0 amide bonds. The Balaban J connectivity index is 2.39. The first-order chi connectivity index (χ1) is 6.77. The minimum absolute atomic E-state index is 0.310. The van der Waals surface area contributed by atoms with Gasteiger partial charge in [-0.1, -0.05) is 26.7 Å². The lowest BCUT2D eigenvalue weighted by Gasteiger charge is -2.36. The van der Waals surface area contributed by atoms with Gasteiger partial charge in [-0.3, -0.25) is 4.90 Å². The Hall–Kier alpha value is -0.0800. The molecule has 0 heterocycles. The van der Waals surface area contributed by atoms with Gasteiger partial charge < -0.3 is 5.11 Å². The molecular formula is C12H25NO. The van der Waals surface area contributed by atoms with Gasteiger partial charge in [0.1, 0.15) is 0 Å². The first-order valence-corrected chi connectivity index (χ1v) is 6.12. The Kier molecular flexibility index (Phi) is 5.49. The lowest BCUT2D eigenvalue weighted by Crippen LogP contribution is -2.40. The van der Waals surface area contributed by atoms with Crippen LogP contribution in [0.3, 0.4) is 0 Å². The van der Waals surface area contributed by atoms with Crippen LogP contribution in [0.5, 0.6) is 0 Å². The average Bonchev–Trinajstić information content (AvgIpc) is 2.17. The Labute approximate surface area is 88.3 Å². The molecule has 0 bridgehead atoms. The molecule has 0 aliphatic heterocycles. The van der Waals surface area contributed by atoms with Crippen molar-refractivity contribution in [2.24, 2.45) is 5.92 Å². The number of hydrogen-bond donors (Lipinski definition) is 1. The van der Waals surface area contributed by atoms with Gasteiger partial charge in [0.2, 0.25) is 0 Å². The molecule has 2 heteroatoms. The van der Waals surface area contributed by atoms with E-state index in [1.165, 1.54) is 32.1 Å². The van der Waals surface area contributed by atoms with Crippen molar-refractivity contribution in [1.82, 2.24) is 4.90 Å². The summed E-state index contributed by atoms with van der Waals surface area (Å²) in [7, 11) is 0. The van der Waals surface area contributed by atoms with Gasteiger partial charge >= 0.3 is 0 Å². The van der Waals surface area contributed by atoms with E-state index in [1.807, 2.05) is 0 Å². The zero-order chi connectivity index (χ0) is 10.4. The first-order valence-electron chi connectivity index (χ1n) is 6.12. The normalized spacial score (nSPS) is 28.3. The monoisotopic (exact) mass is 199 g/mol. The van der Waals surface area contributed by atoms with Crippen LogP contribution in [-0.2, 0) is 0 Å². The molecule has 0 aromatic carbocycles. The van der Waals surface area contributed by atoms with Crippen molar-refractivity contribution >= 4 is 0 Å². The molecule has 0 unspecified atom stereocenters. The molecule has 1 rings (SSSR count). The van der Waals surface area contributed by atoms with Gasteiger partial charge in [-0.25, -0.2) is 0 Å². The van der Waals surface area contributed by atoms with Crippen molar-refractivity contribution in [2.45, 2.75) is 52.0 Å². The summed E-state index contributed by atoms with van der Waals surface area (Å²) in [4.78, 5) is 2.48. The highest BCUT2D eigenvalue weighted by atomic mass is 16.3. The number of rotatable bonds is 5. The van der Waals surface area contributed by atoms with E-state index in [9.17, 15) is 0 Å². The van der Waals surface area contributed by atoms with E-state index in [4.69, 9.17) is 5.11 Å². The molecule has 1 aliphatic carbocycles. The SMILES string of the molecule is CCCN(CCO)[C@H]1CCC[C@H](C)C1. The van der Waals surface area contributed by atoms with Crippen molar-refractivity contribution in [3.8, 4) is 0 Å². The molecule has 14 heavy (non-hydrogen) atoms. The van der Waals surface area contributed by atoms with Crippen LogP contribution in [0.2, 0.25) is 0 Å². The summed E-state index contributed by atoms with van der Waals surface area (Å²) >= 11 is 0. The average molecular weight is 199 g/mol. The lowest BCUT2D eigenvalue weighted by atomic mass is 9.86. The molecule has 1 N–H and O–H groups in total. The fourth-order valence-electron chi connectivity index (χ4n) is 2.63. The second kappa shape index (κ2) is 6.41. The number of nitrogens with zero attached hydrogens (tertiary/aromatic N) is 1. The van der Waals surface area contributed by atoms with E-state index in [0.29, 0.717) is 6.61 Å². The smallest absolute Gasteiger partial charge is 0.0558 e. The summed E-state index contributed by atoms with van der Waals surface area (Å²) < 4.78 is 0. The number of aliphatic hydroxyl groups excluding tert-OH is 1. The Morgan fingerprint density at radius 1 is 1.29 bits per heavy atom. The van der Waals surface area contributed by atoms with Crippen molar-refractivity contribution in [2.75, 3.05) is 19.7 Å². The van der Waals surface area contributed by atoms with E-state index in [1.54, 1.807) is 0 Å². The van der Waals surface area contributed by atoms with E-state index in [2.05, 4.69) is 18.7 Å². The van der Waals surface area contributed by atoms with Crippen LogP contribution < -0.4 is 0 Å². The largest absolute Gasteiger partial charge is 0.395 e. The fourth-order valence-corrected chi connectivity index (χ4v) is 2.63. The Bertz CT molecular complexity index is 141. The Morgan fingerprint density at radius 2 is 2.07 bits per heavy atom. The topological polar surface area (TPSA) is 23.5 Å². The van der Waals surface area contributed by atoms with Crippen LogP contribution in [0.1, 0.15) is 46.0 Å². The van der Waals surface area contributed by atoms with Crippen LogP contribution in [0.15, 0.2) is 0 Å². The molecule has 0 radical (unpaired) electrons. The summed E-state index contributed by atoms with van der Waals surface area (Å²) in [5.74, 6) is 0.881. The minimum atomic E-state index is 0.310. The van der Waals surface area contributed by atoms with Gasteiger partial charge in [-0.15, -0.1) is 0 Å². The quantitative estimate of drug-likeness (QED) is 0.734. The van der Waals surface area contributed by atoms with Crippen LogP contribution in [0.25, 0.3) is 0 Å². The molecule has 0 aromatic heterocycles. The van der Waals surface area contributed by atoms with E-state index < -0.39 is 0 Å². The third-order valence-corrected chi connectivity index (χ3v) is 3.32. The highest BCUT2D eigenvalue weighted by molar-refractivity contribution is 4.78. The summed E-state index contributed by atoms with van der Waals surface area (Å²) in [6, 6.07) is 0.742. The molecule has 84 valence electrons. The van der Waals surface area contributed by atoms with Crippen molar-refractivity contribution < 1.29 is 5.11 Å². The van der Waals surface area contributed by atoms with Crippen LogP contribution in [0.4, 0.5) is 0 Å². The Morgan fingerprint density at radius 3 is 2.64 bits per heavy atom. The van der Waals surface area contributed by atoms with Gasteiger partial charge in [0, 0.05) is 12.6 Å². The summed E-state index contributed by atoms with van der Waals surface area (Å²) in [6.07, 6.45) is 6.64. The molecule has 2 atom stereocenters. The maximum absolute atomic E-state index is 9.02. The van der Waals surface area contributed by atoms with Crippen LogP contribution in [0, 0.1) is 5.92 Å². The molecule has 1 aliphatic rings. The standard InChI is InChI=1S/C12H25NO/c1-3-7-13(8-9-14)12-6-4-5-11(2)10-12/h11-12,14H,3-10H2,1-2H3/t11-,12-/m0/s1. The third kappa shape index (κ3) is 3.58. The van der Waals surface area contributed by atoms with Crippen molar-refractivity contribution in [1.29, 1.82) is 0 Å². The van der Waals surface area contributed by atoms with Crippen LogP contribution >= 0.6 is 0 Å². The third-order valence-electron chi connectivity index (χ3n) is 3.32. The zero-order valence-corrected chi connectivity index (χ0v) is 9.71. The predicted octanol–water partition coefficient (Wildman–Crippen LogP) is 2.27. The summed E-state index contributed by atoms with van der Waals surface area (Å²) in [5, 5.41) is 9.02. The van der Waals surface area contributed by atoms with E-state index in [0.717, 1.165) is 25.0 Å². The highest BCUT2D eigenvalue weighted by Crippen LogP contribution is 2.27. The number of aliphatic hydroxyl groups is 1. The molecule has 0 saturated heterocycles. The van der Waals surface area contributed by atoms with E-state index in [-0.39, 0.29) is 0 Å². The maximum atomic E-state index is 9.02. The minimum Gasteiger partial charge on any atom is -0.395 e. The molecule has 1 fully saturated rings. The fraction of sp³-hybridized carbons (Fsp3) is 1.00. The molecule has 1 saturated carbocycles. The predicted molar refractivity (Wildman–Crippen MR) is 60.4 cm³/mol. The summed E-state index contributed by atoms with van der Waals surface area (Å²) in [5.41, 5.74) is 0. The zero-order valence-electron chi connectivity index (χ0n) is 9.71. The molecule has 0 aromatic rings. The van der Waals surface area contributed by atoms with Gasteiger partial charge in [0.05, 0.1) is 6.61 Å². The molecule has 2 nitrogen and oxygen atoms in total. The van der Waals surface area contributed by atoms with Gasteiger partial charge in [0.15, 0.2) is 0 Å². The van der Waals surface area contributed by atoms with Gasteiger partial charge in [0.25, 0.3) is 0 Å². The summed E-state index contributed by atoms with van der Waals surface area (Å²) in [6.45, 7) is 6.90. The van der Waals surface area contributed by atoms with E-state index >= 15 is 0 Å². The highest BCUT2D eigenvalue weighted by Gasteiger charge is 2.23. The first kappa shape index (κ1) is 12.0. The maximum Gasteiger partial charge on any atom is 0.0558 e. The second-order valence-electron chi connectivity index (χ2n) is 4.69. The van der Waals surface area contributed by atoms with Crippen molar-refractivity contribution in [3.63, 3.8) is 0 Å². The lowest BCUT2D eigenvalue weighted by molar-refractivity contribution is 0.109. The van der Waals surface area contributed by atoms with Crippen molar-refractivity contribution in [3.05, 3.63) is 0 Å². The van der Waals surface area contributed by atoms with Gasteiger partial charge in [-0.05, 0) is 31.7 Å². The van der Waals surface area contributed by atoms with Crippen LogP contribution in [-0.4, -0.2) is 35.7 Å².